The van der Waals surface area contributed by atoms with Crippen molar-refractivity contribution in [2.75, 3.05) is 5.32 Å². The maximum Gasteiger partial charge on any atom is 0.123 e. The van der Waals surface area contributed by atoms with Gasteiger partial charge >= 0.3 is 0 Å². The van der Waals surface area contributed by atoms with Gasteiger partial charge in [-0.1, -0.05) is 18.2 Å². The Morgan fingerprint density at radius 1 is 1.20 bits per heavy atom. The molecule has 1 aliphatic rings. The molecular formula is C17H15FN2. The molecule has 1 N–H and O–H groups in total. The van der Waals surface area contributed by atoms with Crippen LogP contribution in [0.2, 0.25) is 0 Å². The number of nitriles is 1. The zero-order valence-corrected chi connectivity index (χ0v) is 11.1. The molecular weight excluding hydrogens is 251 g/mol. The van der Waals surface area contributed by atoms with Gasteiger partial charge in [0.05, 0.1) is 18.5 Å². The second kappa shape index (κ2) is 5.34. The third kappa shape index (κ3) is 2.50. The molecule has 0 spiro atoms. The highest BCUT2D eigenvalue weighted by molar-refractivity contribution is 5.49. The molecule has 2 nitrogen and oxygen atoms in total. The summed E-state index contributed by atoms with van der Waals surface area (Å²) in [5, 5.41) is 12.1. The number of nitrogens with one attached hydrogen (secondary N) is 1. The van der Waals surface area contributed by atoms with E-state index in [1.807, 2.05) is 30.3 Å². The lowest BCUT2D eigenvalue weighted by Gasteiger charge is -2.15. The molecule has 0 aromatic heterocycles. The molecule has 0 bridgehead atoms. The Balaban J connectivity index is 1.75. The minimum absolute atomic E-state index is 0.162. The number of nitrogens with zero attached hydrogens (tertiary/aromatic N) is 1. The first kappa shape index (κ1) is 12.7. The Morgan fingerprint density at radius 3 is 2.75 bits per heavy atom. The average molecular weight is 266 g/mol. The summed E-state index contributed by atoms with van der Waals surface area (Å²) in [5.74, 6) is -0.162. The van der Waals surface area contributed by atoms with Crippen molar-refractivity contribution in [1.82, 2.24) is 0 Å². The monoisotopic (exact) mass is 266 g/mol. The summed E-state index contributed by atoms with van der Waals surface area (Å²) in [6.45, 7) is 0. The molecule has 1 atom stereocenters. The molecule has 0 fully saturated rings. The van der Waals surface area contributed by atoms with E-state index in [1.165, 1.54) is 11.6 Å². The molecule has 0 amide bonds. The van der Waals surface area contributed by atoms with Gasteiger partial charge in [0.15, 0.2) is 0 Å². The van der Waals surface area contributed by atoms with Crippen LogP contribution in [0.5, 0.6) is 0 Å². The van der Waals surface area contributed by atoms with Crippen LogP contribution in [0, 0.1) is 17.1 Å². The smallest absolute Gasteiger partial charge is 0.123 e. The van der Waals surface area contributed by atoms with E-state index in [-0.39, 0.29) is 11.9 Å². The zero-order chi connectivity index (χ0) is 13.9. The molecule has 3 rings (SSSR count). The highest BCUT2D eigenvalue weighted by Gasteiger charge is 2.22. The lowest BCUT2D eigenvalue weighted by molar-refractivity contribution is 0.626. The minimum atomic E-state index is -0.162. The Labute approximate surface area is 117 Å². The van der Waals surface area contributed by atoms with Crippen molar-refractivity contribution in [2.24, 2.45) is 0 Å². The first-order chi connectivity index (χ1) is 9.76. The van der Waals surface area contributed by atoms with Crippen LogP contribution in [-0.4, -0.2) is 0 Å². The van der Waals surface area contributed by atoms with Crippen LogP contribution < -0.4 is 5.32 Å². The van der Waals surface area contributed by atoms with Gasteiger partial charge < -0.3 is 5.32 Å². The average Bonchev–Trinajstić information content (AvgIpc) is 2.83. The normalized spacial score (nSPS) is 16.5. The van der Waals surface area contributed by atoms with Crippen molar-refractivity contribution in [2.45, 2.75) is 25.3 Å². The number of rotatable bonds is 3. The predicted octanol–water partition coefficient (Wildman–Crippen LogP) is 3.99. The third-order valence-corrected chi connectivity index (χ3v) is 3.76. The number of fused-ring (bicyclic) bond motifs is 1. The number of hydrogen-bond acceptors (Lipinski definition) is 2. The maximum atomic E-state index is 13.2. The lowest BCUT2D eigenvalue weighted by atomic mass is 10.1. The molecule has 2 aromatic rings. The van der Waals surface area contributed by atoms with Gasteiger partial charge in [-0.2, -0.15) is 5.26 Å². The van der Waals surface area contributed by atoms with Crippen LogP contribution in [0.4, 0.5) is 10.1 Å². The van der Waals surface area contributed by atoms with Gasteiger partial charge in [0.2, 0.25) is 0 Å². The summed E-state index contributed by atoms with van der Waals surface area (Å²) >= 11 is 0. The van der Waals surface area contributed by atoms with E-state index in [1.54, 1.807) is 6.07 Å². The Bertz CT molecular complexity index is 656. The fraction of sp³-hybridized carbons (Fsp3) is 0.235. The molecule has 3 heteroatoms. The standard InChI is InChI=1S/C17H15FN2/c18-14-4-7-16-13(11-14)3-8-17(16)20-15-5-1-12(2-6-15)9-10-19/h1-2,4-7,11,17,20H,3,8-9H2. The first-order valence-corrected chi connectivity index (χ1v) is 6.77. The second-order valence-electron chi connectivity index (χ2n) is 5.11. The summed E-state index contributed by atoms with van der Waals surface area (Å²) in [6, 6.07) is 15.3. The SMILES string of the molecule is N#CCc1ccc(NC2CCc3cc(F)ccc32)cc1. The molecule has 20 heavy (non-hydrogen) atoms. The van der Waals surface area contributed by atoms with Crippen molar-refractivity contribution in [3.63, 3.8) is 0 Å². The van der Waals surface area contributed by atoms with E-state index < -0.39 is 0 Å². The van der Waals surface area contributed by atoms with Gasteiger partial charge in [-0.25, -0.2) is 4.39 Å². The fourth-order valence-corrected chi connectivity index (χ4v) is 2.75. The van der Waals surface area contributed by atoms with Gasteiger partial charge in [0.25, 0.3) is 0 Å². The van der Waals surface area contributed by atoms with E-state index in [0.29, 0.717) is 6.42 Å². The molecule has 0 aliphatic heterocycles. The van der Waals surface area contributed by atoms with E-state index in [9.17, 15) is 4.39 Å². The molecule has 2 aromatic carbocycles. The van der Waals surface area contributed by atoms with Crippen molar-refractivity contribution in [3.05, 3.63) is 65.0 Å². The Kier molecular flexibility index (Phi) is 3.39. The van der Waals surface area contributed by atoms with Gasteiger partial charge in [0.1, 0.15) is 5.82 Å². The summed E-state index contributed by atoms with van der Waals surface area (Å²) in [6.07, 6.45) is 2.34. The molecule has 0 saturated carbocycles. The molecule has 100 valence electrons. The summed E-state index contributed by atoms with van der Waals surface area (Å²) in [5.41, 5.74) is 4.34. The molecule has 0 radical (unpaired) electrons. The zero-order valence-electron chi connectivity index (χ0n) is 11.1. The van der Waals surface area contributed by atoms with Crippen LogP contribution in [0.15, 0.2) is 42.5 Å². The Hall–Kier alpha value is -2.34. The van der Waals surface area contributed by atoms with Crippen molar-refractivity contribution in [3.8, 4) is 6.07 Å². The summed E-state index contributed by atoms with van der Waals surface area (Å²) in [7, 11) is 0. The number of halogens is 1. The first-order valence-electron chi connectivity index (χ1n) is 6.77. The predicted molar refractivity (Wildman–Crippen MR) is 76.8 cm³/mol. The topological polar surface area (TPSA) is 35.8 Å². The van der Waals surface area contributed by atoms with E-state index >= 15 is 0 Å². The number of hydrogen-bond donors (Lipinski definition) is 1. The van der Waals surface area contributed by atoms with E-state index in [2.05, 4.69) is 11.4 Å². The Morgan fingerprint density at radius 2 is 2.00 bits per heavy atom. The van der Waals surface area contributed by atoms with Gasteiger partial charge in [-0.15, -0.1) is 0 Å². The van der Waals surface area contributed by atoms with Crippen molar-refractivity contribution < 1.29 is 4.39 Å². The van der Waals surface area contributed by atoms with E-state index in [0.717, 1.165) is 29.7 Å². The number of anilines is 1. The van der Waals surface area contributed by atoms with Crippen molar-refractivity contribution >= 4 is 5.69 Å². The van der Waals surface area contributed by atoms with Gasteiger partial charge in [0, 0.05) is 5.69 Å². The number of aryl methyl sites for hydroxylation is 1. The molecule has 1 unspecified atom stereocenters. The molecule has 1 aliphatic carbocycles. The largest absolute Gasteiger partial charge is 0.378 e. The summed E-state index contributed by atoms with van der Waals surface area (Å²) < 4.78 is 13.2. The summed E-state index contributed by atoms with van der Waals surface area (Å²) in [4.78, 5) is 0. The third-order valence-electron chi connectivity index (χ3n) is 3.76. The minimum Gasteiger partial charge on any atom is -0.378 e. The molecule has 0 saturated heterocycles. The van der Waals surface area contributed by atoms with Crippen LogP contribution in [0.25, 0.3) is 0 Å². The lowest BCUT2D eigenvalue weighted by Crippen LogP contribution is -2.07. The second-order valence-corrected chi connectivity index (χ2v) is 5.11. The fourth-order valence-electron chi connectivity index (χ4n) is 2.75. The highest BCUT2D eigenvalue weighted by atomic mass is 19.1. The molecule has 0 heterocycles. The maximum absolute atomic E-state index is 13.2. The highest BCUT2D eigenvalue weighted by Crippen LogP contribution is 2.34. The quantitative estimate of drug-likeness (QED) is 0.911. The van der Waals surface area contributed by atoms with Gasteiger partial charge in [-0.05, 0) is 53.8 Å². The van der Waals surface area contributed by atoms with Gasteiger partial charge in [-0.3, -0.25) is 0 Å². The van der Waals surface area contributed by atoms with Crippen LogP contribution in [0.1, 0.15) is 29.2 Å². The van der Waals surface area contributed by atoms with Crippen molar-refractivity contribution in [1.29, 1.82) is 5.26 Å². The van der Waals surface area contributed by atoms with Crippen LogP contribution >= 0.6 is 0 Å². The van der Waals surface area contributed by atoms with Crippen LogP contribution in [-0.2, 0) is 12.8 Å². The van der Waals surface area contributed by atoms with E-state index in [4.69, 9.17) is 5.26 Å². The van der Waals surface area contributed by atoms with Crippen LogP contribution in [0.3, 0.4) is 0 Å². The number of benzene rings is 2.